The summed E-state index contributed by atoms with van der Waals surface area (Å²) in [5, 5.41) is 25.2. The van der Waals surface area contributed by atoms with Gasteiger partial charge in [0.25, 0.3) is 0 Å². The monoisotopic (exact) mass is 387 g/mol. The number of nitrogens with zero attached hydrogens (tertiary/aromatic N) is 1. The van der Waals surface area contributed by atoms with E-state index in [2.05, 4.69) is 0 Å². The maximum atomic E-state index is 11.9. The number of hydrogen-bond acceptors (Lipinski definition) is 4. The van der Waals surface area contributed by atoms with Crippen molar-refractivity contribution in [3.05, 3.63) is 84.9 Å². The Morgan fingerprint density at radius 3 is 1.97 bits per heavy atom. The standard InChI is InChI=1S/C24H21NO4/c1-16(26)23(24(27)28)25(21-12-10-17-6-2-4-8-19(17)14-21)29-22-13-11-18-7-3-5-9-20(18)15-22/h2-16,23,26H,1H3,(H,27,28)/t16-,23+/m1/s1. The lowest BCUT2D eigenvalue weighted by atomic mass is 10.1. The molecule has 146 valence electrons. The molecule has 2 N–H and O–H groups in total. The normalized spacial score (nSPS) is 13.2. The lowest BCUT2D eigenvalue weighted by Crippen LogP contribution is -2.50. The molecule has 0 aliphatic carbocycles. The van der Waals surface area contributed by atoms with Crippen LogP contribution in [-0.2, 0) is 4.79 Å². The molecule has 0 bridgehead atoms. The van der Waals surface area contributed by atoms with E-state index < -0.39 is 18.1 Å². The topological polar surface area (TPSA) is 70.0 Å². The number of anilines is 1. The molecule has 0 aliphatic heterocycles. The quantitative estimate of drug-likeness (QED) is 0.472. The number of hydroxylamine groups is 1. The van der Waals surface area contributed by atoms with Crippen LogP contribution >= 0.6 is 0 Å². The summed E-state index contributed by atoms with van der Waals surface area (Å²) >= 11 is 0. The summed E-state index contributed by atoms with van der Waals surface area (Å²) in [6, 6.07) is 25.5. The van der Waals surface area contributed by atoms with Gasteiger partial charge >= 0.3 is 5.97 Å². The highest BCUT2D eigenvalue weighted by molar-refractivity contribution is 5.87. The van der Waals surface area contributed by atoms with Crippen LogP contribution in [0.1, 0.15) is 6.92 Å². The van der Waals surface area contributed by atoms with Gasteiger partial charge in [0.05, 0.1) is 11.8 Å². The maximum Gasteiger partial charge on any atom is 0.332 e. The molecule has 29 heavy (non-hydrogen) atoms. The zero-order valence-electron chi connectivity index (χ0n) is 15.9. The Balaban J connectivity index is 1.78. The molecule has 4 aromatic carbocycles. The van der Waals surface area contributed by atoms with Crippen LogP contribution in [0.2, 0.25) is 0 Å². The summed E-state index contributed by atoms with van der Waals surface area (Å²) in [6.45, 7) is 1.44. The van der Waals surface area contributed by atoms with Gasteiger partial charge in [0.15, 0.2) is 11.8 Å². The average molecular weight is 387 g/mol. The number of hydrogen-bond donors (Lipinski definition) is 2. The third-order valence-corrected chi connectivity index (χ3v) is 4.87. The van der Waals surface area contributed by atoms with Crippen molar-refractivity contribution in [2.24, 2.45) is 0 Å². The van der Waals surface area contributed by atoms with Gasteiger partial charge in [0.2, 0.25) is 0 Å². The summed E-state index contributed by atoms with van der Waals surface area (Å²) in [5.74, 6) is -0.683. The number of aliphatic hydroxyl groups is 1. The van der Waals surface area contributed by atoms with Gasteiger partial charge in [0, 0.05) is 0 Å². The predicted octanol–water partition coefficient (Wildman–Crippen LogP) is 4.63. The Morgan fingerprint density at radius 2 is 1.38 bits per heavy atom. The number of benzene rings is 4. The Hall–Kier alpha value is -3.57. The van der Waals surface area contributed by atoms with Gasteiger partial charge in [-0.3, -0.25) is 0 Å². The van der Waals surface area contributed by atoms with Crippen molar-refractivity contribution in [3.8, 4) is 5.75 Å². The highest BCUT2D eigenvalue weighted by Gasteiger charge is 2.33. The molecule has 4 rings (SSSR count). The van der Waals surface area contributed by atoms with Crippen LogP contribution in [-0.4, -0.2) is 28.3 Å². The van der Waals surface area contributed by atoms with Gasteiger partial charge in [-0.25, -0.2) is 4.79 Å². The van der Waals surface area contributed by atoms with Crippen molar-refractivity contribution >= 4 is 33.2 Å². The molecule has 0 amide bonds. The summed E-state index contributed by atoms with van der Waals surface area (Å²) in [4.78, 5) is 18.0. The van der Waals surface area contributed by atoms with Gasteiger partial charge in [-0.15, -0.1) is 0 Å². The van der Waals surface area contributed by atoms with E-state index in [1.807, 2.05) is 72.8 Å². The molecule has 0 radical (unpaired) electrons. The number of aliphatic hydroxyl groups excluding tert-OH is 1. The molecule has 0 saturated carbocycles. The second kappa shape index (κ2) is 7.81. The highest BCUT2D eigenvalue weighted by atomic mass is 16.7. The average Bonchev–Trinajstić information content (AvgIpc) is 2.72. The van der Waals surface area contributed by atoms with Crippen LogP contribution in [0, 0.1) is 0 Å². The number of carboxylic acid groups (broad SMARTS) is 1. The minimum Gasteiger partial charge on any atom is -0.480 e. The summed E-state index contributed by atoms with van der Waals surface area (Å²) in [6.07, 6.45) is -1.15. The van der Waals surface area contributed by atoms with Gasteiger partial charge in [0.1, 0.15) is 0 Å². The molecule has 0 heterocycles. The molecule has 0 unspecified atom stereocenters. The molecule has 0 saturated heterocycles. The van der Waals surface area contributed by atoms with E-state index in [1.54, 1.807) is 12.1 Å². The van der Waals surface area contributed by atoms with E-state index in [9.17, 15) is 15.0 Å². The number of rotatable bonds is 6. The first kappa shape index (κ1) is 18.8. The Bertz CT molecular complexity index is 1170. The Kier molecular flexibility index (Phi) is 5.06. The molecular weight excluding hydrogens is 366 g/mol. The van der Waals surface area contributed by atoms with Gasteiger partial charge in [-0.05, 0) is 52.7 Å². The second-order valence-corrected chi connectivity index (χ2v) is 6.98. The number of carboxylic acids is 1. The van der Waals surface area contributed by atoms with E-state index in [4.69, 9.17) is 4.84 Å². The molecule has 0 spiro atoms. The molecular formula is C24H21NO4. The first-order chi connectivity index (χ1) is 14.0. The summed E-state index contributed by atoms with van der Waals surface area (Å²) in [7, 11) is 0. The number of fused-ring (bicyclic) bond motifs is 2. The van der Waals surface area contributed by atoms with E-state index in [-0.39, 0.29) is 0 Å². The van der Waals surface area contributed by atoms with Gasteiger partial charge in [-0.1, -0.05) is 60.7 Å². The molecule has 5 nitrogen and oxygen atoms in total. The van der Waals surface area contributed by atoms with Crippen molar-refractivity contribution in [1.82, 2.24) is 0 Å². The van der Waals surface area contributed by atoms with Crippen LogP contribution in [0.25, 0.3) is 21.5 Å². The first-order valence-corrected chi connectivity index (χ1v) is 9.38. The van der Waals surface area contributed by atoms with Crippen molar-refractivity contribution < 1.29 is 19.8 Å². The van der Waals surface area contributed by atoms with Gasteiger partial charge in [-0.2, -0.15) is 5.06 Å². The molecule has 0 aliphatic rings. The third-order valence-electron chi connectivity index (χ3n) is 4.87. The second-order valence-electron chi connectivity index (χ2n) is 6.98. The number of aliphatic carboxylic acids is 1. The van der Waals surface area contributed by atoms with Crippen LogP contribution in [0.3, 0.4) is 0 Å². The SMILES string of the molecule is C[C@@H](O)[C@@H](C(=O)O)N(Oc1ccc2ccccc2c1)c1ccc2ccccc2c1. The molecule has 0 fully saturated rings. The first-order valence-electron chi connectivity index (χ1n) is 9.38. The Labute approximate surface area is 168 Å². The minimum absolute atomic E-state index is 0.490. The van der Waals surface area contributed by atoms with Crippen molar-refractivity contribution in [1.29, 1.82) is 0 Å². The van der Waals surface area contributed by atoms with Crippen molar-refractivity contribution in [2.45, 2.75) is 19.1 Å². The zero-order chi connectivity index (χ0) is 20.4. The predicted molar refractivity (Wildman–Crippen MR) is 114 cm³/mol. The zero-order valence-corrected chi connectivity index (χ0v) is 15.9. The summed E-state index contributed by atoms with van der Waals surface area (Å²) < 4.78 is 0. The highest BCUT2D eigenvalue weighted by Crippen LogP contribution is 2.28. The van der Waals surface area contributed by atoms with Crippen LogP contribution in [0.15, 0.2) is 84.9 Å². The van der Waals surface area contributed by atoms with Crippen molar-refractivity contribution in [3.63, 3.8) is 0 Å². The van der Waals surface area contributed by atoms with E-state index in [1.165, 1.54) is 12.0 Å². The van der Waals surface area contributed by atoms with Crippen molar-refractivity contribution in [2.75, 3.05) is 5.06 Å². The molecule has 5 heteroatoms. The molecule has 4 aromatic rings. The van der Waals surface area contributed by atoms with Crippen LogP contribution in [0.5, 0.6) is 5.75 Å². The lowest BCUT2D eigenvalue weighted by molar-refractivity contribution is -0.142. The third kappa shape index (κ3) is 3.86. The number of carbonyl (C=O) groups is 1. The molecule has 0 aromatic heterocycles. The molecule has 2 atom stereocenters. The minimum atomic E-state index is -1.28. The largest absolute Gasteiger partial charge is 0.480 e. The fraction of sp³-hybridized carbons (Fsp3) is 0.125. The van der Waals surface area contributed by atoms with Crippen LogP contribution in [0.4, 0.5) is 5.69 Å². The van der Waals surface area contributed by atoms with E-state index in [0.29, 0.717) is 11.4 Å². The Morgan fingerprint density at radius 1 is 0.828 bits per heavy atom. The smallest absolute Gasteiger partial charge is 0.332 e. The van der Waals surface area contributed by atoms with Crippen LogP contribution < -0.4 is 9.90 Å². The fourth-order valence-corrected chi connectivity index (χ4v) is 3.42. The summed E-state index contributed by atoms with van der Waals surface area (Å²) in [5.41, 5.74) is 0.546. The fourth-order valence-electron chi connectivity index (χ4n) is 3.42. The lowest BCUT2D eigenvalue weighted by Gasteiger charge is -2.31. The maximum absolute atomic E-state index is 11.9. The van der Waals surface area contributed by atoms with Gasteiger partial charge < -0.3 is 15.1 Å². The van der Waals surface area contributed by atoms with E-state index in [0.717, 1.165) is 21.5 Å². The van der Waals surface area contributed by atoms with E-state index >= 15 is 0 Å².